The van der Waals surface area contributed by atoms with Crippen molar-refractivity contribution in [3.05, 3.63) is 28.8 Å². The molecular weight excluding hydrogens is 202 g/mol. The fourth-order valence-electron chi connectivity index (χ4n) is 1.77. The molecule has 0 saturated heterocycles. The Morgan fingerprint density at radius 3 is 2.62 bits per heavy atom. The van der Waals surface area contributed by atoms with Gasteiger partial charge in [0.15, 0.2) is 0 Å². The van der Waals surface area contributed by atoms with Crippen LogP contribution in [0.25, 0.3) is 0 Å². The van der Waals surface area contributed by atoms with E-state index in [2.05, 4.69) is 27.5 Å². The normalized spacial score (nSPS) is 10.8. The number of nitrogens with zero attached hydrogens (tertiary/aromatic N) is 3. The first-order valence-electron chi connectivity index (χ1n) is 5.32. The zero-order valence-corrected chi connectivity index (χ0v) is 10.1. The molecular formula is C11H17N5. The van der Waals surface area contributed by atoms with Gasteiger partial charge in [-0.15, -0.1) is 0 Å². The molecule has 86 valence electrons. The molecule has 0 unspecified atom stereocenters. The number of hydrogen-bond donors (Lipinski definition) is 2. The SMILES string of the molecule is Cc1nn(C)c(C)c1NCc1cn[nH]c1C. The lowest BCUT2D eigenvalue weighted by molar-refractivity contribution is 0.731. The number of aromatic amines is 1. The van der Waals surface area contributed by atoms with Crippen LogP contribution >= 0.6 is 0 Å². The molecule has 0 aliphatic carbocycles. The summed E-state index contributed by atoms with van der Waals surface area (Å²) in [5.74, 6) is 0. The maximum atomic E-state index is 4.36. The summed E-state index contributed by atoms with van der Waals surface area (Å²) < 4.78 is 1.89. The number of H-pyrrole nitrogens is 1. The van der Waals surface area contributed by atoms with Crippen LogP contribution in [0.4, 0.5) is 5.69 Å². The van der Waals surface area contributed by atoms with Crippen molar-refractivity contribution in [3.8, 4) is 0 Å². The minimum atomic E-state index is 0.774. The standard InChI is InChI=1S/C11H17N5/c1-7-10(6-13-14-7)5-12-11-8(2)15-16(4)9(11)3/h6,12H,5H2,1-4H3,(H,13,14). The van der Waals surface area contributed by atoms with Crippen molar-refractivity contribution < 1.29 is 0 Å². The maximum Gasteiger partial charge on any atom is 0.0827 e. The highest BCUT2D eigenvalue weighted by Gasteiger charge is 2.09. The fraction of sp³-hybridized carbons (Fsp3) is 0.455. The molecule has 16 heavy (non-hydrogen) atoms. The van der Waals surface area contributed by atoms with E-state index in [1.807, 2.05) is 31.8 Å². The third-order valence-electron chi connectivity index (χ3n) is 2.90. The third kappa shape index (κ3) is 1.80. The number of aryl methyl sites for hydroxylation is 3. The van der Waals surface area contributed by atoms with Gasteiger partial charge in [-0.2, -0.15) is 10.2 Å². The van der Waals surface area contributed by atoms with Gasteiger partial charge in [-0.1, -0.05) is 0 Å². The van der Waals surface area contributed by atoms with Crippen molar-refractivity contribution >= 4 is 5.69 Å². The van der Waals surface area contributed by atoms with Crippen LogP contribution in [-0.2, 0) is 13.6 Å². The molecule has 0 bridgehead atoms. The Morgan fingerprint density at radius 2 is 2.12 bits per heavy atom. The van der Waals surface area contributed by atoms with Crippen LogP contribution in [-0.4, -0.2) is 20.0 Å². The van der Waals surface area contributed by atoms with E-state index in [0.29, 0.717) is 0 Å². The lowest BCUT2D eigenvalue weighted by atomic mass is 10.2. The van der Waals surface area contributed by atoms with Crippen LogP contribution in [0, 0.1) is 20.8 Å². The average Bonchev–Trinajstić information content (AvgIpc) is 2.72. The van der Waals surface area contributed by atoms with E-state index in [9.17, 15) is 0 Å². The number of nitrogens with one attached hydrogen (secondary N) is 2. The molecule has 2 aromatic heterocycles. The Labute approximate surface area is 94.9 Å². The number of anilines is 1. The van der Waals surface area contributed by atoms with Gasteiger partial charge in [0.25, 0.3) is 0 Å². The first-order chi connectivity index (χ1) is 7.59. The molecule has 0 aliphatic heterocycles. The lowest BCUT2D eigenvalue weighted by Crippen LogP contribution is -2.02. The van der Waals surface area contributed by atoms with Crippen molar-refractivity contribution in [1.29, 1.82) is 0 Å². The van der Waals surface area contributed by atoms with Crippen molar-refractivity contribution in [2.75, 3.05) is 5.32 Å². The Morgan fingerprint density at radius 1 is 1.38 bits per heavy atom. The van der Waals surface area contributed by atoms with Crippen molar-refractivity contribution in [3.63, 3.8) is 0 Å². The molecule has 5 nitrogen and oxygen atoms in total. The molecule has 2 N–H and O–H groups in total. The van der Waals surface area contributed by atoms with Crippen molar-refractivity contribution in [2.24, 2.45) is 7.05 Å². The monoisotopic (exact) mass is 219 g/mol. The fourth-order valence-corrected chi connectivity index (χ4v) is 1.77. The van der Waals surface area contributed by atoms with E-state index >= 15 is 0 Å². The summed E-state index contributed by atoms with van der Waals surface area (Å²) in [5.41, 5.74) is 5.58. The number of aromatic nitrogens is 4. The molecule has 5 heteroatoms. The van der Waals surface area contributed by atoms with Crippen LogP contribution in [0.2, 0.25) is 0 Å². The van der Waals surface area contributed by atoms with Gasteiger partial charge in [0, 0.05) is 24.8 Å². The van der Waals surface area contributed by atoms with E-state index in [0.717, 1.165) is 29.3 Å². The van der Waals surface area contributed by atoms with Crippen LogP contribution in [0.5, 0.6) is 0 Å². The Hall–Kier alpha value is -1.78. The van der Waals surface area contributed by atoms with E-state index in [1.54, 1.807) is 0 Å². The summed E-state index contributed by atoms with van der Waals surface area (Å²) >= 11 is 0. The summed E-state index contributed by atoms with van der Waals surface area (Å²) in [7, 11) is 1.95. The minimum absolute atomic E-state index is 0.774. The highest BCUT2D eigenvalue weighted by molar-refractivity contribution is 5.52. The quantitative estimate of drug-likeness (QED) is 0.825. The molecule has 0 saturated carbocycles. The highest BCUT2D eigenvalue weighted by atomic mass is 15.3. The highest BCUT2D eigenvalue weighted by Crippen LogP contribution is 2.19. The van der Waals surface area contributed by atoms with Gasteiger partial charge in [-0.05, 0) is 20.8 Å². The molecule has 2 rings (SSSR count). The topological polar surface area (TPSA) is 58.5 Å². The van der Waals surface area contributed by atoms with Crippen LogP contribution in [0.15, 0.2) is 6.20 Å². The molecule has 0 spiro atoms. The average molecular weight is 219 g/mol. The van der Waals surface area contributed by atoms with Crippen molar-refractivity contribution in [2.45, 2.75) is 27.3 Å². The largest absolute Gasteiger partial charge is 0.378 e. The van der Waals surface area contributed by atoms with E-state index in [4.69, 9.17) is 0 Å². The molecule has 0 amide bonds. The zero-order chi connectivity index (χ0) is 11.7. The van der Waals surface area contributed by atoms with Gasteiger partial charge < -0.3 is 5.32 Å². The van der Waals surface area contributed by atoms with Crippen LogP contribution in [0.3, 0.4) is 0 Å². The Balaban J connectivity index is 2.13. The number of hydrogen-bond acceptors (Lipinski definition) is 3. The van der Waals surface area contributed by atoms with Gasteiger partial charge in [0.2, 0.25) is 0 Å². The molecule has 0 aromatic carbocycles. The molecule has 2 aromatic rings. The lowest BCUT2D eigenvalue weighted by Gasteiger charge is -2.05. The van der Waals surface area contributed by atoms with Gasteiger partial charge in [0.1, 0.15) is 0 Å². The number of rotatable bonds is 3. The molecule has 0 atom stereocenters. The predicted molar refractivity (Wildman–Crippen MR) is 63.3 cm³/mol. The first-order valence-corrected chi connectivity index (χ1v) is 5.32. The summed E-state index contributed by atoms with van der Waals surface area (Å²) in [6.07, 6.45) is 1.85. The molecule has 0 fully saturated rings. The van der Waals surface area contributed by atoms with E-state index < -0.39 is 0 Å². The van der Waals surface area contributed by atoms with Gasteiger partial charge in [-0.25, -0.2) is 0 Å². The Bertz CT molecular complexity index is 494. The summed E-state index contributed by atoms with van der Waals surface area (Å²) in [5, 5.41) is 14.7. The summed E-state index contributed by atoms with van der Waals surface area (Å²) in [6, 6.07) is 0. The second-order valence-electron chi connectivity index (χ2n) is 4.04. The van der Waals surface area contributed by atoms with Gasteiger partial charge in [-0.3, -0.25) is 9.78 Å². The van der Waals surface area contributed by atoms with Crippen molar-refractivity contribution in [1.82, 2.24) is 20.0 Å². The first kappa shape index (κ1) is 10.7. The van der Waals surface area contributed by atoms with Gasteiger partial charge in [0.05, 0.1) is 23.3 Å². The summed E-state index contributed by atoms with van der Waals surface area (Å²) in [4.78, 5) is 0. The van der Waals surface area contributed by atoms with Crippen LogP contribution < -0.4 is 5.32 Å². The maximum absolute atomic E-state index is 4.36. The predicted octanol–water partition coefficient (Wildman–Crippen LogP) is 1.68. The smallest absolute Gasteiger partial charge is 0.0827 e. The molecule has 0 aliphatic rings. The van der Waals surface area contributed by atoms with Crippen LogP contribution in [0.1, 0.15) is 22.6 Å². The van der Waals surface area contributed by atoms with Gasteiger partial charge >= 0.3 is 0 Å². The third-order valence-corrected chi connectivity index (χ3v) is 2.90. The summed E-state index contributed by atoms with van der Waals surface area (Å²) in [6.45, 7) is 6.87. The molecule has 2 heterocycles. The van der Waals surface area contributed by atoms with E-state index in [-0.39, 0.29) is 0 Å². The Kier molecular flexibility index (Phi) is 2.68. The molecule has 0 radical (unpaired) electrons. The van der Waals surface area contributed by atoms with E-state index in [1.165, 1.54) is 5.56 Å². The zero-order valence-electron chi connectivity index (χ0n) is 10.1. The second-order valence-corrected chi connectivity index (χ2v) is 4.04. The minimum Gasteiger partial charge on any atom is -0.378 e. The second kappa shape index (κ2) is 4.00.